The van der Waals surface area contributed by atoms with Crippen molar-refractivity contribution in [3.05, 3.63) is 41.2 Å². The third kappa shape index (κ3) is 7.33. The van der Waals surface area contributed by atoms with Crippen molar-refractivity contribution in [1.29, 1.82) is 0 Å². The van der Waals surface area contributed by atoms with E-state index in [1.54, 1.807) is 0 Å². The molecule has 0 fully saturated rings. The summed E-state index contributed by atoms with van der Waals surface area (Å²) in [4.78, 5) is 10.8. The smallest absolute Gasteiger partial charge is 0.232 e. The minimum absolute atomic E-state index is 0.0839. The fraction of sp³-hybridized carbons (Fsp3) is 0.474. The normalized spacial score (nSPS) is 12.3. The van der Waals surface area contributed by atoms with E-state index in [2.05, 4.69) is 34.0 Å². The highest BCUT2D eigenvalue weighted by Crippen LogP contribution is 2.42. The van der Waals surface area contributed by atoms with E-state index in [0.29, 0.717) is 6.61 Å². The van der Waals surface area contributed by atoms with Crippen LogP contribution in [0.15, 0.2) is 24.3 Å². The molecule has 0 aliphatic carbocycles. The van der Waals surface area contributed by atoms with E-state index in [4.69, 9.17) is 74.3 Å². The first-order valence-corrected chi connectivity index (χ1v) is 11.5. The Labute approximate surface area is 206 Å². The van der Waals surface area contributed by atoms with Crippen LogP contribution in [0.4, 0.5) is 11.6 Å². The lowest BCUT2D eigenvalue weighted by Crippen LogP contribution is -2.22. The van der Waals surface area contributed by atoms with E-state index in [1.165, 1.54) is 6.07 Å². The highest BCUT2D eigenvalue weighted by molar-refractivity contribution is 6.67. The van der Waals surface area contributed by atoms with E-state index in [-0.39, 0.29) is 17.3 Å². The summed E-state index contributed by atoms with van der Waals surface area (Å²) in [6.45, 7) is 9.30. The van der Waals surface area contributed by atoms with E-state index in [9.17, 15) is 0 Å². The molecule has 5 nitrogen and oxygen atoms in total. The second-order valence-corrected chi connectivity index (χ2v) is 10.9. The standard InChI is InChI=1S/C19H22Cl6N4O/c1-4-29(5-2)11-12-9-13(7-8-14(12)30-6-3)26-17-27-15(18(20,21)22)10-16(28-17)19(23,24)25/h7-10H,4-6,11H2,1-3H3,(H,26,27,28). The van der Waals surface area contributed by atoms with Crippen LogP contribution in [0.2, 0.25) is 0 Å². The first kappa shape index (κ1) is 25.9. The van der Waals surface area contributed by atoms with Gasteiger partial charge in [0.1, 0.15) is 5.75 Å². The van der Waals surface area contributed by atoms with Crippen LogP contribution >= 0.6 is 69.6 Å². The number of alkyl halides is 6. The number of hydrogen-bond acceptors (Lipinski definition) is 5. The minimum Gasteiger partial charge on any atom is -0.494 e. The third-order valence-electron chi connectivity index (χ3n) is 4.21. The van der Waals surface area contributed by atoms with Crippen molar-refractivity contribution in [3.63, 3.8) is 0 Å². The molecule has 0 bridgehead atoms. The number of benzene rings is 1. The second kappa shape index (κ2) is 11.0. The van der Waals surface area contributed by atoms with Crippen LogP contribution in [-0.2, 0) is 14.1 Å². The number of rotatable bonds is 8. The SMILES string of the molecule is CCOc1ccc(Nc2nc(C(Cl)(Cl)Cl)cc(C(Cl)(Cl)Cl)n2)cc1CN(CC)CC. The van der Waals surface area contributed by atoms with Gasteiger partial charge >= 0.3 is 0 Å². The molecule has 0 aliphatic heterocycles. The fourth-order valence-corrected chi connectivity index (χ4v) is 3.27. The van der Waals surface area contributed by atoms with Crippen LogP contribution in [0, 0.1) is 0 Å². The molecule has 30 heavy (non-hydrogen) atoms. The Kier molecular flexibility index (Phi) is 9.44. The molecule has 1 aromatic carbocycles. The Balaban J connectivity index is 2.43. The lowest BCUT2D eigenvalue weighted by Gasteiger charge is -2.21. The molecule has 1 N–H and O–H groups in total. The molecule has 0 saturated carbocycles. The third-order valence-corrected chi connectivity index (χ3v) is 5.37. The van der Waals surface area contributed by atoms with Gasteiger partial charge in [-0.05, 0) is 44.3 Å². The van der Waals surface area contributed by atoms with Crippen LogP contribution in [0.5, 0.6) is 5.75 Å². The molecule has 0 atom stereocenters. The summed E-state index contributed by atoms with van der Waals surface area (Å²) in [6.07, 6.45) is 0. The summed E-state index contributed by atoms with van der Waals surface area (Å²) in [5.74, 6) is 0.950. The lowest BCUT2D eigenvalue weighted by molar-refractivity contribution is 0.282. The summed E-state index contributed by atoms with van der Waals surface area (Å²) >= 11 is 35.9. The van der Waals surface area contributed by atoms with Crippen molar-refractivity contribution in [2.24, 2.45) is 0 Å². The van der Waals surface area contributed by atoms with Crippen LogP contribution in [0.1, 0.15) is 37.7 Å². The summed E-state index contributed by atoms with van der Waals surface area (Å²) < 4.78 is 2.15. The average Bonchev–Trinajstić information content (AvgIpc) is 2.66. The van der Waals surface area contributed by atoms with Crippen LogP contribution in [0.3, 0.4) is 0 Å². The lowest BCUT2D eigenvalue weighted by atomic mass is 10.1. The predicted octanol–water partition coefficient (Wildman–Crippen LogP) is 7.11. The van der Waals surface area contributed by atoms with Crippen LogP contribution < -0.4 is 10.1 Å². The summed E-state index contributed by atoms with van der Waals surface area (Å²) in [7, 11) is 0. The molecule has 0 aliphatic rings. The van der Waals surface area contributed by atoms with Gasteiger partial charge in [-0.25, -0.2) is 9.97 Å². The first-order chi connectivity index (χ1) is 14.0. The van der Waals surface area contributed by atoms with E-state index >= 15 is 0 Å². The Hall–Kier alpha value is -0.400. The number of ether oxygens (including phenoxy) is 1. The zero-order valence-corrected chi connectivity index (χ0v) is 21.2. The molecule has 1 aromatic heterocycles. The molecular weight excluding hydrogens is 513 g/mol. The maximum absolute atomic E-state index is 5.99. The number of halogens is 6. The van der Waals surface area contributed by atoms with Gasteiger partial charge in [0.2, 0.25) is 13.5 Å². The van der Waals surface area contributed by atoms with Crippen LogP contribution in [0.25, 0.3) is 0 Å². The van der Waals surface area contributed by atoms with Gasteiger partial charge in [-0.3, -0.25) is 4.90 Å². The van der Waals surface area contributed by atoms with E-state index < -0.39 is 7.59 Å². The van der Waals surface area contributed by atoms with Crippen molar-refractivity contribution in [1.82, 2.24) is 14.9 Å². The van der Waals surface area contributed by atoms with Gasteiger partial charge in [0.25, 0.3) is 0 Å². The monoisotopic (exact) mass is 532 g/mol. The van der Waals surface area contributed by atoms with Gasteiger partial charge < -0.3 is 10.1 Å². The average molecular weight is 535 g/mol. The molecule has 1 heterocycles. The maximum Gasteiger partial charge on any atom is 0.232 e. The van der Waals surface area contributed by atoms with Gasteiger partial charge in [0, 0.05) is 17.8 Å². The summed E-state index contributed by atoms with van der Waals surface area (Å²) in [6, 6.07) is 7.04. The summed E-state index contributed by atoms with van der Waals surface area (Å²) in [5.41, 5.74) is 1.91. The molecule has 0 unspecified atom stereocenters. The topological polar surface area (TPSA) is 50.3 Å². The number of nitrogens with one attached hydrogen (secondary N) is 1. The first-order valence-electron chi connectivity index (χ1n) is 9.26. The Morgan fingerprint density at radius 1 is 0.900 bits per heavy atom. The molecule has 11 heteroatoms. The number of aromatic nitrogens is 2. The minimum atomic E-state index is -1.81. The molecule has 166 valence electrons. The molecule has 2 aromatic rings. The Morgan fingerprint density at radius 2 is 1.47 bits per heavy atom. The van der Waals surface area contributed by atoms with Crippen molar-refractivity contribution >= 4 is 81.2 Å². The van der Waals surface area contributed by atoms with Gasteiger partial charge in [-0.1, -0.05) is 83.5 Å². The number of hydrogen-bond donors (Lipinski definition) is 1. The quantitative estimate of drug-likeness (QED) is 0.365. The number of anilines is 2. The predicted molar refractivity (Wildman–Crippen MR) is 128 cm³/mol. The van der Waals surface area contributed by atoms with Gasteiger partial charge in [-0.2, -0.15) is 0 Å². The molecule has 0 radical (unpaired) electrons. The largest absolute Gasteiger partial charge is 0.494 e. The van der Waals surface area contributed by atoms with E-state index in [1.807, 2.05) is 25.1 Å². The van der Waals surface area contributed by atoms with Crippen LogP contribution in [-0.4, -0.2) is 34.6 Å². The highest BCUT2D eigenvalue weighted by atomic mass is 35.6. The fourth-order valence-electron chi connectivity index (χ4n) is 2.69. The van der Waals surface area contributed by atoms with Crippen molar-refractivity contribution < 1.29 is 4.74 Å². The Morgan fingerprint density at radius 3 is 1.93 bits per heavy atom. The molecule has 2 rings (SSSR count). The van der Waals surface area contributed by atoms with Gasteiger partial charge in [0.15, 0.2) is 0 Å². The summed E-state index contributed by atoms with van der Waals surface area (Å²) in [5, 5.41) is 3.10. The van der Waals surface area contributed by atoms with Gasteiger partial charge in [0.05, 0.1) is 18.0 Å². The van der Waals surface area contributed by atoms with Gasteiger partial charge in [-0.15, -0.1) is 0 Å². The zero-order valence-electron chi connectivity index (χ0n) is 16.7. The number of nitrogens with zero attached hydrogens (tertiary/aromatic N) is 3. The maximum atomic E-state index is 5.99. The zero-order chi connectivity index (χ0) is 22.5. The second-order valence-electron chi connectivity index (χ2n) is 6.30. The highest BCUT2D eigenvalue weighted by Gasteiger charge is 2.32. The Bertz CT molecular complexity index is 818. The van der Waals surface area contributed by atoms with Crippen molar-refractivity contribution in [2.75, 3.05) is 25.0 Å². The molecule has 0 amide bonds. The molecular formula is C19H22Cl6N4O. The van der Waals surface area contributed by atoms with Crippen molar-refractivity contribution in [2.45, 2.75) is 34.9 Å². The molecule has 0 saturated heterocycles. The van der Waals surface area contributed by atoms with E-state index in [0.717, 1.165) is 36.6 Å². The van der Waals surface area contributed by atoms with Crippen molar-refractivity contribution in [3.8, 4) is 5.75 Å². The molecule has 0 spiro atoms.